The van der Waals surface area contributed by atoms with Gasteiger partial charge in [-0.15, -0.1) is 0 Å². The minimum Gasteiger partial charge on any atom is -0.356 e. The van der Waals surface area contributed by atoms with E-state index in [9.17, 15) is 9.59 Å². The van der Waals surface area contributed by atoms with E-state index >= 15 is 0 Å². The zero-order valence-corrected chi connectivity index (χ0v) is 16.7. The Balaban J connectivity index is 1.51. The molecule has 144 valence electrons. The van der Waals surface area contributed by atoms with Gasteiger partial charge in [-0.05, 0) is 25.7 Å². The van der Waals surface area contributed by atoms with Gasteiger partial charge in [0.1, 0.15) is 6.42 Å². The van der Waals surface area contributed by atoms with Crippen LogP contribution in [0.2, 0.25) is 0 Å². The summed E-state index contributed by atoms with van der Waals surface area (Å²) in [5, 5.41) is 14.4. The molecule has 2 aliphatic rings. The summed E-state index contributed by atoms with van der Waals surface area (Å²) >= 11 is 23.7. The van der Waals surface area contributed by atoms with Crippen LogP contribution in [0.3, 0.4) is 0 Å². The van der Waals surface area contributed by atoms with Crippen molar-refractivity contribution in [3.05, 3.63) is 0 Å². The number of nitrogens with one attached hydrogen (secondary N) is 5. The third-order valence-corrected chi connectivity index (χ3v) is 5.21. The Labute approximate surface area is 167 Å². The van der Waals surface area contributed by atoms with Crippen LogP contribution in [0.15, 0.2) is 0 Å². The molecule has 0 radical (unpaired) electrons. The average Bonchev–Trinajstić information content (AvgIpc) is 3.00. The first-order chi connectivity index (χ1) is 11.7. The molecule has 0 spiro atoms. The lowest BCUT2D eigenvalue weighted by Gasteiger charge is -2.16. The summed E-state index contributed by atoms with van der Waals surface area (Å²) in [5.74, 6) is -0.620. The number of carbonyl (C=O) groups is 2. The first kappa shape index (κ1) is 21.3. The van der Waals surface area contributed by atoms with E-state index in [1.807, 2.05) is 0 Å². The van der Waals surface area contributed by atoms with Gasteiger partial charge in [0.25, 0.3) is 0 Å². The molecule has 5 N–H and O–H groups in total. The number of rotatable bonds is 8. The maximum absolute atomic E-state index is 11.8. The van der Waals surface area contributed by atoms with Gasteiger partial charge in [0, 0.05) is 31.7 Å². The second kappa shape index (κ2) is 9.26. The molecule has 2 aliphatic heterocycles. The van der Waals surface area contributed by atoms with Gasteiger partial charge in [0.2, 0.25) is 16.4 Å². The van der Waals surface area contributed by atoms with E-state index < -0.39 is 9.04 Å². The van der Waals surface area contributed by atoms with E-state index in [-0.39, 0.29) is 30.3 Å². The molecule has 0 bridgehead atoms. The third-order valence-electron chi connectivity index (χ3n) is 4.13. The molecule has 2 unspecified atom stereocenters. The Hall–Kier alpha value is -0.0200. The smallest absolute Gasteiger partial charge is 0.229 e. The number of hydrogen-bond acceptors (Lipinski definition) is 5. The second-order valence-electron chi connectivity index (χ2n) is 6.33. The van der Waals surface area contributed by atoms with Crippen LogP contribution < -0.4 is 26.6 Å². The monoisotopic (exact) mass is 433 g/mol. The molecule has 2 heterocycles. The summed E-state index contributed by atoms with van der Waals surface area (Å²) in [6.45, 7) is 1.53. The van der Waals surface area contributed by atoms with Gasteiger partial charge in [-0.1, -0.05) is 46.4 Å². The molecule has 11 heteroatoms. The van der Waals surface area contributed by atoms with Gasteiger partial charge in [0.15, 0.2) is 4.46 Å². The fraction of sp³-hybridized carbons (Fsp3) is 0.857. The maximum atomic E-state index is 11.8. The van der Waals surface area contributed by atoms with Crippen LogP contribution in [-0.2, 0) is 9.59 Å². The lowest BCUT2D eigenvalue weighted by atomic mass is 10.1. The molecule has 25 heavy (non-hydrogen) atoms. The van der Waals surface area contributed by atoms with E-state index in [0.717, 1.165) is 6.42 Å². The molecule has 2 saturated heterocycles. The van der Waals surface area contributed by atoms with E-state index in [1.165, 1.54) is 0 Å². The number of carbonyl (C=O) groups excluding carboxylic acids is 2. The maximum Gasteiger partial charge on any atom is 0.229 e. The van der Waals surface area contributed by atoms with Gasteiger partial charge in [0.05, 0.1) is 0 Å². The number of hydrogen-bond donors (Lipinski definition) is 5. The number of amides is 2. The molecule has 2 atom stereocenters. The van der Waals surface area contributed by atoms with E-state index in [4.69, 9.17) is 46.4 Å². The Morgan fingerprint density at radius 2 is 1.56 bits per heavy atom. The minimum absolute atomic E-state index is 0.0685. The molecule has 0 aromatic rings. The van der Waals surface area contributed by atoms with Crippen molar-refractivity contribution < 1.29 is 9.59 Å². The third kappa shape index (κ3) is 8.03. The van der Waals surface area contributed by atoms with Crippen molar-refractivity contribution in [2.75, 3.05) is 19.6 Å². The fourth-order valence-corrected chi connectivity index (χ4v) is 3.83. The highest BCUT2D eigenvalue weighted by Crippen LogP contribution is 2.32. The highest BCUT2D eigenvalue weighted by Gasteiger charge is 2.34. The molecule has 0 aromatic carbocycles. The zero-order valence-electron chi connectivity index (χ0n) is 13.6. The fourth-order valence-electron chi connectivity index (χ4n) is 2.84. The summed E-state index contributed by atoms with van der Waals surface area (Å²) in [7, 11) is 0. The van der Waals surface area contributed by atoms with Gasteiger partial charge < -0.3 is 10.6 Å². The van der Waals surface area contributed by atoms with Crippen molar-refractivity contribution in [1.29, 1.82) is 0 Å². The lowest BCUT2D eigenvalue weighted by Crippen LogP contribution is -2.40. The van der Waals surface area contributed by atoms with Crippen LogP contribution in [0.4, 0.5) is 0 Å². The summed E-state index contributed by atoms with van der Waals surface area (Å²) in [5.41, 5.74) is 0. The Kier molecular flexibility index (Phi) is 7.88. The van der Waals surface area contributed by atoms with Crippen LogP contribution >= 0.6 is 46.4 Å². The predicted molar refractivity (Wildman–Crippen MR) is 99.8 cm³/mol. The van der Waals surface area contributed by atoms with Gasteiger partial charge in [-0.3, -0.25) is 25.5 Å². The van der Waals surface area contributed by atoms with Crippen molar-refractivity contribution in [3.63, 3.8) is 0 Å². The normalized spacial score (nSPS) is 27.2. The first-order valence-corrected chi connectivity index (χ1v) is 9.76. The van der Waals surface area contributed by atoms with E-state index in [1.54, 1.807) is 0 Å². The van der Waals surface area contributed by atoms with E-state index in [0.29, 0.717) is 38.9 Å². The lowest BCUT2D eigenvalue weighted by molar-refractivity contribution is -0.129. The number of alkyl halides is 4. The average molecular weight is 435 g/mol. The summed E-state index contributed by atoms with van der Waals surface area (Å²) in [6.07, 6.45) is 2.72. The van der Waals surface area contributed by atoms with Crippen molar-refractivity contribution in [1.82, 2.24) is 26.6 Å². The molecule has 0 saturated carbocycles. The summed E-state index contributed by atoms with van der Waals surface area (Å²) in [6, 6.07) is 0.242. The highest BCUT2D eigenvalue weighted by molar-refractivity contribution is 6.48. The standard InChI is InChI=1S/C14H23Cl4N5O2/c15-13(16)4-1-9(22-13)2-5-19-11(24)7-12(25)20-6-3-10-8-21-14(17,18)23-10/h9-10,21-23H,1-8H2,(H,19,24)(H,20,25). The van der Waals surface area contributed by atoms with Gasteiger partial charge >= 0.3 is 0 Å². The molecule has 2 fully saturated rings. The van der Waals surface area contributed by atoms with Crippen LogP contribution in [-0.4, -0.2) is 52.6 Å². The van der Waals surface area contributed by atoms with Gasteiger partial charge in [-0.2, -0.15) is 0 Å². The summed E-state index contributed by atoms with van der Waals surface area (Å²) in [4.78, 5) is 23.5. The van der Waals surface area contributed by atoms with E-state index in [2.05, 4.69) is 26.6 Å². The second-order valence-corrected chi connectivity index (χ2v) is 9.15. The molecule has 2 rings (SSSR count). The topological polar surface area (TPSA) is 94.3 Å². The Morgan fingerprint density at radius 1 is 0.960 bits per heavy atom. The van der Waals surface area contributed by atoms with Crippen LogP contribution in [0.25, 0.3) is 0 Å². The van der Waals surface area contributed by atoms with Crippen LogP contribution in [0, 0.1) is 0 Å². The largest absolute Gasteiger partial charge is 0.356 e. The van der Waals surface area contributed by atoms with Crippen LogP contribution in [0.1, 0.15) is 32.1 Å². The zero-order chi connectivity index (χ0) is 18.5. The first-order valence-electron chi connectivity index (χ1n) is 8.25. The van der Waals surface area contributed by atoms with Crippen LogP contribution in [0.5, 0.6) is 0 Å². The van der Waals surface area contributed by atoms with Crippen molar-refractivity contribution in [2.24, 2.45) is 0 Å². The Morgan fingerprint density at radius 3 is 2.04 bits per heavy atom. The quantitative estimate of drug-likeness (QED) is 0.222. The SMILES string of the molecule is O=C(CC(=O)NCCC1CNC(Cl)(Cl)N1)NCCC1CCC(Cl)(Cl)N1. The van der Waals surface area contributed by atoms with Crippen molar-refractivity contribution in [3.8, 4) is 0 Å². The van der Waals surface area contributed by atoms with Crippen molar-refractivity contribution in [2.45, 2.75) is 53.2 Å². The molecule has 7 nitrogen and oxygen atoms in total. The van der Waals surface area contributed by atoms with Gasteiger partial charge in [-0.25, -0.2) is 0 Å². The predicted octanol–water partition coefficient (Wildman–Crippen LogP) is 0.923. The molecular weight excluding hydrogens is 412 g/mol. The molecule has 0 aromatic heterocycles. The highest BCUT2D eigenvalue weighted by atomic mass is 35.5. The molecule has 0 aliphatic carbocycles. The molecular formula is C14H23Cl4N5O2. The Bertz CT molecular complexity index is 450. The minimum atomic E-state index is -1.12. The summed E-state index contributed by atoms with van der Waals surface area (Å²) < 4.78 is -1.99. The number of halogens is 4. The van der Waals surface area contributed by atoms with Crippen molar-refractivity contribution >= 4 is 58.2 Å². The molecule has 2 amide bonds.